The van der Waals surface area contributed by atoms with Gasteiger partial charge in [0.1, 0.15) is 0 Å². The van der Waals surface area contributed by atoms with Crippen LogP contribution >= 0.6 is 0 Å². The highest BCUT2D eigenvalue weighted by Crippen LogP contribution is 2.08. The van der Waals surface area contributed by atoms with Crippen LogP contribution in [-0.4, -0.2) is 22.8 Å². The molecule has 6 nitrogen and oxygen atoms in total. The molecule has 2 heterocycles. The predicted molar refractivity (Wildman–Crippen MR) is 96.7 cm³/mol. The van der Waals surface area contributed by atoms with Crippen molar-refractivity contribution >= 4 is 12.4 Å². The third-order valence-electron chi connectivity index (χ3n) is 4.00. The second kappa shape index (κ2) is 12.0. The average molecular weight is 508 g/mol. The number of hydrogen-bond acceptors (Lipinski definition) is 4. The van der Waals surface area contributed by atoms with Crippen LogP contribution < -0.4 is 43.1 Å². The van der Waals surface area contributed by atoms with E-state index in [4.69, 9.17) is 10.4 Å². The molecule has 2 aromatic heterocycles. The molecule has 146 valence electrons. The summed E-state index contributed by atoms with van der Waals surface area (Å²) in [5.41, 5.74) is 4.06. The maximum absolute atomic E-state index is 8.70. The number of benzene rings is 1. The summed E-state index contributed by atoms with van der Waals surface area (Å²) in [7, 11) is 0. The van der Waals surface area contributed by atoms with E-state index in [1.807, 2.05) is 61.2 Å². The van der Waals surface area contributed by atoms with E-state index >= 15 is 0 Å². The van der Waals surface area contributed by atoms with Gasteiger partial charge >= 0.3 is 0 Å². The van der Waals surface area contributed by atoms with Gasteiger partial charge in [-0.15, -0.1) is 0 Å². The van der Waals surface area contributed by atoms with Crippen LogP contribution in [0.25, 0.3) is 0 Å². The van der Waals surface area contributed by atoms with Crippen molar-refractivity contribution in [3.63, 3.8) is 0 Å². The van der Waals surface area contributed by atoms with E-state index in [0.717, 1.165) is 11.1 Å². The highest BCUT2D eigenvalue weighted by atomic mass is 79.9. The summed E-state index contributed by atoms with van der Waals surface area (Å²) in [6, 6.07) is 15.9. The summed E-state index contributed by atoms with van der Waals surface area (Å²) >= 11 is 0. The van der Waals surface area contributed by atoms with Crippen LogP contribution in [0.4, 0.5) is 0 Å². The van der Waals surface area contributed by atoms with Gasteiger partial charge in [0, 0.05) is 23.3 Å². The topological polar surface area (TPSA) is 72.9 Å². The second-order valence-corrected chi connectivity index (χ2v) is 5.88. The summed E-state index contributed by atoms with van der Waals surface area (Å²) in [6.07, 6.45) is 10.6. The molecule has 0 saturated carbocycles. The monoisotopic (exact) mass is 506 g/mol. The SMILES string of the molecule is O/N=C/c1ccc[n+](Cc2ccccc2C[n+]2cccc(/C=N/O)c2)c1.[Br-].[Br-]. The molecule has 28 heavy (non-hydrogen) atoms. The first-order valence-corrected chi connectivity index (χ1v) is 8.18. The number of nitrogens with zero attached hydrogens (tertiary/aromatic N) is 4. The highest BCUT2D eigenvalue weighted by Gasteiger charge is 2.12. The van der Waals surface area contributed by atoms with Gasteiger partial charge in [0.2, 0.25) is 0 Å². The van der Waals surface area contributed by atoms with Crippen LogP contribution in [-0.2, 0) is 13.1 Å². The molecule has 3 rings (SSSR count). The van der Waals surface area contributed by atoms with Crippen LogP contribution in [0.5, 0.6) is 0 Å². The molecule has 0 spiro atoms. The van der Waals surface area contributed by atoms with Gasteiger partial charge in [-0.05, 0) is 12.1 Å². The molecule has 0 aliphatic carbocycles. The fourth-order valence-electron chi connectivity index (χ4n) is 2.83. The molecular formula is C20H20Br2N4O2. The van der Waals surface area contributed by atoms with Crippen molar-refractivity contribution in [3.05, 3.63) is 95.6 Å². The summed E-state index contributed by atoms with van der Waals surface area (Å²) in [5, 5.41) is 23.6. The summed E-state index contributed by atoms with van der Waals surface area (Å²) in [6.45, 7) is 1.42. The molecule has 0 unspecified atom stereocenters. The maximum atomic E-state index is 8.70. The molecule has 0 aliphatic rings. The summed E-state index contributed by atoms with van der Waals surface area (Å²) in [5.74, 6) is 0. The van der Waals surface area contributed by atoms with Gasteiger partial charge in [-0.1, -0.05) is 34.6 Å². The largest absolute Gasteiger partial charge is 1.00 e. The van der Waals surface area contributed by atoms with Gasteiger partial charge in [0.05, 0.1) is 23.6 Å². The minimum absolute atomic E-state index is 0. The Balaban J connectivity index is 0.00000196. The van der Waals surface area contributed by atoms with Crippen molar-refractivity contribution in [2.24, 2.45) is 10.3 Å². The average Bonchev–Trinajstić information content (AvgIpc) is 2.65. The lowest BCUT2D eigenvalue weighted by Gasteiger charge is -2.05. The Hall–Kier alpha value is -2.58. The number of rotatable bonds is 6. The normalized spacial score (nSPS) is 10.6. The minimum atomic E-state index is 0. The Kier molecular flexibility index (Phi) is 10.0. The maximum Gasteiger partial charge on any atom is 0.178 e. The zero-order valence-electron chi connectivity index (χ0n) is 14.9. The van der Waals surface area contributed by atoms with Crippen LogP contribution in [0.1, 0.15) is 22.3 Å². The van der Waals surface area contributed by atoms with Gasteiger partial charge in [0.25, 0.3) is 0 Å². The van der Waals surface area contributed by atoms with Crippen LogP contribution in [0.15, 0.2) is 83.6 Å². The number of hydrogen-bond donors (Lipinski definition) is 2. The number of halogens is 2. The smallest absolute Gasteiger partial charge is 0.178 e. The third kappa shape index (κ3) is 6.54. The predicted octanol–water partition coefficient (Wildman–Crippen LogP) is -4.02. The standard InChI is InChI=1S/C20H18N4O2.2BrH/c25-21-11-17-5-3-9-23(13-17)15-19-7-1-2-8-20(19)16-24-10-4-6-18(14-24)12-22-26;;/h1-14H,15-16H2;2*1H/b21-11+,22-12+;;. The fourth-order valence-corrected chi connectivity index (χ4v) is 2.83. The van der Waals surface area contributed by atoms with Gasteiger partial charge < -0.3 is 44.4 Å². The highest BCUT2D eigenvalue weighted by molar-refractivity contribution is 5.78. The lowest BCUT2D eigenvalue weighted by molar-refractivity contribution is -0.693. The van der Waals surface area contributed by atoms with Gasteiger partial charge in [-0.3, -0.25) is 0 Å². The van der Waals surface area contributed by atoms with Crippen molar-refractivity contribution in [1.82, 2.24) is 0 Å². The molecule has 0 saturated heterocycles. The Morgan fingerprint density at radius 2 is 1.11 bits per heavy atom. The van der Waals surface area contributed by atoms with E-state index in [9.17, 15) is 0 Å². The number of oxime groups is 2. The molecule has 0 radical (unpaired) electrons. The number of aromatic nitrogens is 2. The minimum Gasteiger partial charge on any atom is -1.00 e. The second-order valence-electron chi connectivity index (χ2n) is 5.88. The first-order chi connectivity index (χ1) is 12.8. The molecule has 8 heteroatoms. The van der Waals surface area contributed by atoms with Crippen molar-refractivity contribution < 1.29 is 53.5 Å². The zero-order chi connectivity index (χ0) is 18.2. The number of pyridine rings is 2. The van der Waals surface area contributed by atoms with E-state index in [0.29, 0.717) is 13.1 Å². The summed E-state index contributed by atoms with van der Waals surface area (Å²) < 4.78 is 4.10. The van der Waals surface area contributed by atoms with Crippen molar-refractivity contribution in [2.75, 3.05) is 0 Å². The Morgan fingerprint density at radius 1 is 0.679 bits per heavy atom. The van der Waals surface area contributed by atoms with Crippen molar-refractivity contribution in [1.29, 1.82) is 0 Å². The van der Waals surface area contributed by atoms with Gasteiger partial charge in [0.15, 0.2) is 37.9 Å². The van der Waals surface area contributed by atoms with Gasteiger partial charge in [-0.2, -0.15) is 0 Å². The quantitative estimate of drug-likeness (QED) is 0.154. The van der Waals surface area contributed by atoms with Crippen molar-refractivity contribution in [2.45, 2.75) is 13.1 Å². The molecule has 2 N–H and O–H groups in total. The molecule has 3 aromatic rings. The Bertz CT molecular complexity index is 872. The first kappa shape index (κ1) is 23.5. The zero-order valence-corrected chi connectivity index (χ0v) is 18.1. The lowest BCUT2D eigenvalue weighted by Crippen LogP contribution is -3.00. The van der Waals surface area contributed by atoms with Gasteiger partial charge in [-0.25, -0.2) is 9.13 Å². The Labute approximate surface area is 184 Å². The molecule has 0 atom stereocenters. The lowest BCUT2D eigenvalue weighted by atomic mass is 10.1. The molecular weight excluding hydrogens is 488 g/mol. The van der Waals surface area contributed by atoms with E-state index in [1.165, 1.54) is 23.6 Å². The van der Waals surface area contributed by atoms with Crippen LogP contribution in [0.2, 0.25) is 0 Å². The third-order valence-corrected chi connectivity index (χ3v) is 4.00. The van der Waals surface area contributed by atoms with E-state index in [1.54, 1.807) is 0 Å². The molecule has 1 aromatic carbocycles. The van der Waals surface area contributed by atoms with E-state index < -0.39 is 0 Å². The molecule has 0 aliphatic heterocycles. The molecule has 0 amide bonds. The van der Waals surface area contributed by atoms with Crippen LogP contribution in [0.3, 0.4) is 0 Å². The summed E-state index contributed by atoms with van der Waals surface area (Å²) in [4.78, 5) is 0. The molecule has 0 fully saturated rings. The Morgan fingerprint density at radius 3 is 1.50 bits per heavy atom. The van der Waals surface area contributed by atoms with Crippen LogP contribution in [0, 0.1) is 0 Å². The first-order valence-electron chi connectivity index (χ1n) is 8.18. The van der Waals surface area contributed by atoms with E-state index in [2.05, 4.69) is 31.6 Å². The molecule has 0 bridgehead atoms. The van der Waals surface area contributed by atoms with Crippen molar-refractivity contribution in [3.8, 4) is 0 Å². The van der Waals surface area contributed by atoms with E-state index in [-0.39, 0.29) is 34.0 Å². The fraction of sp³-hybridized carbons (Fsp3) is 0.100.